The molecule has 0 bridgehead atoms. The van der Waals surface area contributed by atoms with Crippen LogP contribution in [-0.2, 0) is 4.79 Å². The van der Waals surface area contributed by atoms with Crippen molar-refractivity contribution in [2.45, 2.75) is 65.1 Å². The van der Waals surface area contributed by atoms with Gasteiger partial charge in [0.05, 0.1) is 6.10 Å². The number of carbonyl (C=O) groups is 2. The molecule has 1 fully saturated rings. The molecule has 6 heteroatoms. The number of amides is 2. The third kappa shape index (κ3) is 4.33. The molecule has 2 N–H and O–H groups in total. The smallest absolute Gasteiger partial charge is 0.326 e. The van der Waals surface area contributed by atoms with E-state index in [9.17, 15) is 19.8 Å². The predicted octanol–water partition coefficient (Wildman–Crippen LogP) is 1.77. The van der Waals surface area contributed by atoms with E-state index in [1.807, 2.05) is 27.7 Å². The maximum absolute atomic E-state index is 12.8. The van der Waals surface area contributed by atoms with Crippen LogP contribution in [0.3, 0.4) is 0 Å². The minimum absolute atomic E-state index is 0.102. The van der Waals surface area contributed by atoms with Gasteiger partial charge in [-0.2, -0.15) is 0 Å². The SMILES string of the molecule is CCC(CC)N(CC(C)C)C(=O)N1C[C@H](O)C[C@@H]1C(=O)O. The number of aliphatic hydroxyl groups is 1. The highest BCUT2D eigenvalue weighted by Gasteiger charge is 2.41. The topological polar surface area (TPSA) is 81.1 Å². The number of urea groups is 1. The first-order valence-corrected chi connectivity index (χ1v) is 7.79. The molecule has 0 aromatic heterocycles. The normalized spacial score (nSPS) is 22.1. The van der Waals surface area contributed by atoms with E-state index in [-0.39, 0.29) is 25.0 Å². The lowest BCUT2D eigenvalue weighted by molar-refractivity contribution is -0.141. The monoisotopic (exact) mass is 300 g/mol. The molecule has 1 rings (SSSR count). The Bertz CT molecular complexity index is 369. The molecular weight excluding hydrogens is 272 g/mol. The van der Waals surface area contributed by atoms with E-state index in [2.05, 4.69) is 0 Å². The van der Waals surface area contributed by atoms with Gasteiger partial charge in [-0.05, 0) is 18.8 Å². The minimum atomic E-state index is -1.05. The highest BCUT2D eigenvalue weighted by molar-refractivity contribution is 5.83. The summed E-state index contributed by atoms with van der Waals surface area (Å²) in [7, 11) is 0. The van der Waals surface area contributed by atoms with Crippen LogP contribution < -0.4 is 0 Å². The molecular formula is C15H28N2O4. The van der Waals surface area contributed by atoms with Gasteiger partial charge in [0.2, 0.25) is 0 Å². The van der Waals surface area contributed by atoms with Crippen molar-refractivity contribution in [1.82, 2.24) is 9.80 Å². The fourth-order valence-electron chi connectivity index (χ4n) is 2.93. The molecule has 6 nitrogen and oxygen atoms in total. The van der Waals surface area contributed by atoms with E-state index < -0.39 is 18.1 Å². The molecule has 122 valence electrons. The number of carbonyl (C=O) groups excluding carboxylic acids is 1. The number of likely N-dealkylation sites (tertiary alicyclic amines) is 1. The second kappa shape index (κ2) is 7.64. The number of aliphatic carboxylic acids is 1. The number of hydrogen-bond acceptors (Lipinski definition) is 3. The molecule has 1 aliphatic heterocycles. The van der Waals surface area contributed by atoms with Crippen molar-refractivity contribution < 1.29 is 19.8 Å². The van der Waals surface area contributed by atoms with Crippen LogP contribution in [0.1, 0.15) is 47.0 Å². The molecule has 0 unspecified atom stereocenters. The van der Waals surface area contributed by atoms with E-state index in [0.717, 1.165) is 12.8 Å². The van der Waals surface area contributed by atoms with E-state index in [1.165, 1.54) is 4.90 Å². The summed E-state index contributed by atoms with van der Waals surface area (Å²) in [5.41, 5.74) is 0. The minimum Gasteiger partial charge on any atom is -0.480 e. The van der Waals surface area contributed by atoms with Gasteiger partial charge in [0.25, 0.3) is 0 Å². The first kappa shape index (κ1) is 17.8. The number of carboxylic acids is 1. The zero-order valence-electron chi connectivity index (χ0n) is 13.5. The van der Waals surface area contributed by atoms with Gasteiger partial charge < -0.3 is 20.0 Å². The first-order chi connectivity index (χ1) is 9.81. The second-order valence-corrected chi connectivity index (χ2v) is 6.20. The number of hydrogen-bond donors (Lipinski definition) is 2. The van der Waals surface area contributed by atoms with Gasteiger partial charge in [0, 0.05) is 25.6 Å². The Labute approximate surface area is 126 Å². The molecule has 2 amide bonds. The van der Waals surface area contributed by atoms with Crippen LogP contribution in [0.15, 0.2) is 0 Å². The predicted molar refractivity (Wildman–Crippen MR) is 80.1 cm³/mol. The number of aliphatic hydroxyl groups excluding tert-OH is 1. The summed E-state index contributed by atoms with van der Waals surface area (Å²) in [6.07, 6.45) is 1.03. The summed E-state index contributed by atoms with van der Waals surface area (Å²) in [5, 5.41) is 19.0. The Balaban J connectivity index is 2.95. The van der Waals surface area contributed by atoms with Gasteiger partial charge in [-0.15, -0.1) is 0 Å². The Hall–Kier alpha value is -1.30. The Morgan fingerprint density at radius 3 is 2.29 bits per heavy atom. The Morgan fingerprint density at radius 2 is 1.86 bits per heavy atom. The number of carboxylic acid groups (broad SMARTS) is 1. The van der Waals surface area contributed by atoms with Crippen molar-refractivity contribution in [1.29, 1.82) is 0 Å². The summed E-state index contributed by atoms with van der Waals surface area (Å²) in [4.78, 5) is 27.2. The van der Waals surface area contributed by atoms with Crippen molar-refractivity contribution in [3.63, 3.8) is 0 Å². The van der Waals surface area contributed by atoms with Gasteiger partial charge >= 0.3 is 12.0 Å². The van der Waals surface area contributed by atoms with Crippen LogP contribution >= 0.6 is 0 Å². The molecule has 21 heavy (non-hydrogen) atoms. The van der Waals surface area contributed by atoms with Crippen LogP contribution in [0.25, 0.3) is 0 Å². The number of rotatable bonds is 6. The molecule has 0 radical (unpaired) electrons. The van der Waals surface area contributed by atoms with Gasteiger partial charge in [-0.1, -0.05) is 27.7 Å². The van der Waals surface area contributed by atoms with E-state index >= 15 is 0 Å². The van der Waals surface area contributed by atoms with Crippen molar-refractivity contribution in [3.05, 3.63) is 0 Å². The Morgan fingerprint density at radius 1 is 1.29 bits per heavy atom. The third-order valence-corrected chi connectivity index (χ3v) is 4.00. The summed E-state index contributed by atoms with van der Waals surface area (Å²) in [5.74, 6) is -0.737. The van der Waals surface area contributed by atoms with Crippen LogP contribution in [0.2, 0.25) is 0 Å². The number of nitrogens with zero attached hydrogens (tertiary/aromatic N) is 2. The second-order valence-electron chi connectivity index (χ2n) is 6.20. The lowest BCUT2D eigenvalue weighted by Crippen LogP contribution is -2.52. The van der Waals surface area contributed by atoms with Crippen LogP contribution in [-0.4, -0.2) is 63.3 Å². The maximum Gasteiger partial charge on any atom is 0.326 e. The summed E-state index contributed by atoms with van der Waals surface area (Å²) >= 11 is 0. The molecule has 1 aliphatic rings. The molecule has 0 aromatic rings. The van der Waals surface area contributed by atoms with Crippen LogP contribution in [0, 0.1) is 5.92 Å². The summed E-state index contributed by atoms with van der Waals surface area (Å²) in [6.45, 7) is 8.84. The van der Waals surface area contributed by atoms with E-state index in [4.69, 9.17) is 0 Å². The lowest BCUT2D eigenvalue weighted by Gasteiger charge is -2.36. The van der Waals surface area contributed by atoms with Crippen molar-refractivity contribution >= 4 is 12.0 Å². The largest absolute Gasteiger partial charge is 0.480 e. The average molecular weight is 300 g/mol. The molecule has 0 spiro atoms. The lowest BCUT2D eigenvalue weighted by atomic mass is 10.1. The third-order valence-electron chi connectivity index (χ3n) is 4.00. The highest BCUT2D eigenvalue weighted by Crippen LogP contribution is 2.23. The van der Waals surface area contributed by atoms with Crippen molar-refractivity contribution in [3.8, 4) is 0 Å². The summed E-state index contributed by atoms with van der Waals surface area (Å²) < 4.78 is 0. The zero-order valence-corrected chi connectivity index (χ0v) is 13.5. The molecule has 2 atom stereocenters. The maximum atomic E-state index is 12.8. The molecule has 0 aromatic carbocycles. The zero-order chi connectivity index (χ0) is 16.2. The highest BCUT2D eigenvalue weighted by atomic mass is 16.4. The summed E-state index contributed by atoms with van der Waals surface area (Å²) in [6, 6.07) is -1.08. The fourth-order valence-corrected chi connectivity index (χ4v) is 2.93. The van der Waals surface area contributed by atoms with E-state index in [0.29, 0.717) is 12.5 Å². The fraction of sp³-hybridized carbons (Fsp3) is 0.867. The quantitative estimate of drug-likeness (QED) is 0.783. The van der Waals surface area contributed by atoms with Gasteiger partial charge in [0.1, 0.15) is 6.04 Å². The molecule has 1 heterocycles. The average Bonchev–Trinajstić information content (AvgIpc) is 2.80. The molecule has 0 aliphatic carbocycles. The van der Waals surface area contributed by atoms with Gasteiger partial charge in [0.15, 0.2) is 0 Å². The van der Waals surface area contributed by atoms with Crippen molar-refractivity contribution in [2.75, 3.05) is 13.1 Å². The van der Waals surface area contributed by atoms with Crippen LogP contribution in [0.5, 0.6) is 0 Å². The van der Waals surface area contributed by atoms with Gasteiger partial charge in [-0.25, -0.2) is 9.59 Å². The van der Waals surface area contributed by atoms with E-state index in [1.54, 1.807) is 4.90 Å². The molecule has 0 saturated carbocycles. The number of β-amino-alcohol motifs (C(OH)–C–C–N with tert-alkyl or cyclic N) is 1. The molecule has 1 saturated heterocycles. The Kier molecular flexibility index (Phi) is 6.45. The van der Waals surface area contributed by atoms with Crippen LogP contribution in [0.4, 0.5) is 4.79 Å². The first-order valence-electron chi connectivity index (χ1n) is 7.79. The standard InChI is InChI=1S/C15H28N2O4/c1-5-11(6-2)16(8-10(3)4)15(21)17-9-12(18)7-13(17)14(19)20/h10-13,18H,5-9H2,1-4H3,(H,19,20)/t12-,13-/m1/s1. The van der Waals surface area contributed by atoms with Crippen molar-refractivity contribution in [2.24, 2.45) is 5.92 Å². The van der Waals surface area contributed by atoms with Gasteiger partial charge in [-0.3, -0.25) is 0 Å².